The summed E-state index contributed by atoms with van der Waals surface area (Å²) >= 11 is 6.08. The van der Waals surface area contributed by atoms with Crippen LogP contribution in [0.4, 0.5) is 0 Å². The lowest BCUT2D eigenvalue weighted by molar-refractivity contribution is -0.143. The number of carbonyl (C=O) groups is 1. The van der Waals surface area contributed by atoms with E-state index in [0.717, 1.165) is 9.87 Å². The number of benzene rings is 2. The number of aliphatic carboxylic acids is 1. The number of rotatable bonds is 6. The summed E-state index contributed by atoms with van der Waals surface area (Å²) in [7, 11) is -4.01. The van der Waals surface area contributed by atoms with Crippen molar-refractivity contribution in [3.63, 3.8) is 0 Å². The Kier molecular flexibility index (Phi) is 6.24. The number of sulfonamides is 1. The average Bonchev–Trinajstić information content (AvgIpc) is 2.67. The Hall–Kier alpha value is -2.13. The number of nitrogens with zero attached hydrogens (tertiary/aromatic N) is 1. The minimum atomic E-state index is -4.01. The number of hydrogen-bond acceptors (Lipinski definition) is 5. The van der Waals surface area contributed by atoms with E-state index in [2.05, 4.69) is 0 Å². The second kappa shape index (κ2) is 8.48. The van der Waals surface area contributed by atoms with Gasteiger partial charge in [-0.1, -0.05) is 29.8 Å². The Balaban J connectivity index is 1.74. The summed E-state index contributed by atoms with van der Waals surface area (Å²) in [4.78, 5) is 11.4. The Morgan fingerprint density at radius 3 is 2.50 bits per heavy atom. The number of carboxylic acids is 1. The number of piperidine rings is 1. The summed E-state index contributed by atoms with van der Waals surface area (Å²) in [5.74, 6) is -0.815. The molecule has 9 heteroatoms. The molecule has 7 nitrogen and oxygen atoms in total. The van der Waals surface area contributed by atoms with Crippen LogP contribution in [0.25, 0.3) is 0 Å². The molecule has 1 fully saturated rings. The fourth-order valence-corrected chi connectivity index (χ4v) is 4.85. The number of halogens is 1. The Morgan fingerprint density at radius 1 is 1.18 bits per heavy atom. The van der Waals surface area contributed by atoms with Crippen molar-refractivity contribution in [1.82, 2.24) is 4.31 Å². The number of ether oxygens (including phenoxy) is 1. The highest BCUT2D eigenvalue weighted by molar-refractivity contribution is 7.89. The van der Waals surface area contributed by atoms with Gasteiger partial charge in [-0.3, -0.25) is 4.79 Å². The van der Waals surface area contributed by atoms with Gasteiger partial charge in [-0.05, 0) is 36.8 Å². The van der Waals surface area contributed by atoms with E-state index in [1.165, 1.54) is 24.3 Å². The van der Waals surface area contributed by atoms with Gasteiger partial charge in [0, 0.05) is 23.6 Å². The van der Waals surface area contributed by atoms with Crippen molar-refractivity contribution >= 4 is 27.6 Å². The number of carboxylic acid groups (broad SMARTS) is 1. The summed E-state index contributed by atoms with van der Waals surface area (Å²) in [6.07, 6.45) is -0.761. The normalized spacial score (nSPS) is 20.6. The maximum Gasteiger partial charge on any atom is 0.322 e. The molecule has 2 aromatic carbocycles. The molecule has 2 atom stereocenters. The highest BCUT2D eigenvalue weighted by Gasteiger charge is 2.40. The van der Waals surface area contributed by atoms with Crippen molar-refractivity contribution in [2.45, 2.75) is 36.5 Å². The smallest absolute Gasteiger partial charge is 0.322 e. The van der Waals surface area contributed by atoms with E-state index in [9.17, 15) is 23.4 Å². The minimum absolute atomic E-state index is 0.0276. The molecule has 1 heterocycles. The van der Waals surface area contributed by atoms with Crippen LogP contribution < -0.4 is 4.74 Å². The van der Waals surface area contributed by atoms with Gasteiger partial charge < -0.3 is 14.9 Å². The van der Waals surface area contributed by atoms with E-state index in [-0.39, 0.29) is 30.9 Å². The van der Waals surface area contributed by atoms with E-state index >= 15 is 0 Å². The third-order valence-electron chi connectivity index (χ3n) is 4.59. The maximum absolute atomic E-state index is 12.9. The zero-order valence-corrected chi connectivity index (χ0v) is 16.4. The molecule has 3 rings (SSSR count). The lowest BCUT2D eigenvalue weighted by Gasteiger charge is -2.34. The summed E-state index contributed by atoms with van der Waals surface area (Å²) in [5, 5.41) is 19.6. The SMILES string of the molecule is O=C(O)C1CC(O)CCN1S(=O)(=O)c1ccc(OCc2ccccc2Cl)cc1. The van der Waals surface area contributed by atoms with Gasteiger partial charge in [0.05, 0.1) is 11.0 Å². The van der Waals surface area contributed by atoms with E-state index in [1.54, 1.807) is 6.07 Å². The molecule has 0 radical (unpaired) electrons. The minimum Gasteiger partial charge on any atom is -0.489 e. The average molecular weight is 426 g/mol. The second-order valence-electron chi connectivity index (χ2n) is 6.50. The summed E-state index contributed by atoms with van der Waals surface area (Å²) in [6, 6.07) is 11.7. The molecule has 2 unspecified atom stereocenters. The van der Waals surface area contributed by atoms with Gasteiger partial charge in [-0.2, -0.15) is 4.31 Å². The van der Waals surface area contributed by atoms with Gasteiger partial charge >= 0.3 is 5.97 Å². The van der Waals surface area contributed by atoms with Crippen molar-refractivity contribution in [1.29, 1.82) is 0 Å². The molecular weight excluding hydrogens is 406 g/mol. The van der Waals surface area contributed by atoms with Gasteiger partial charge in [0.15, 0.2) is 0 Å². The number of hydrogen-bond donors (Lipinski definition) is 2. The first-order chi connectivity index (χ1) is 13.3. The Labute approximate surface area is 168 Å². The van der Waals surface area contributed by atoms with Gasteiger partial charge in [0.1, 0.15) is 18.4 Å². The lowest BCUT2D eigenvalue weighted by Crippen LogP contribution is -2.51. The summed E-state index contributed by atoms with van der Waals surface area (Å²) < 4.78 is 32.3. The molecule has 0 saturated carbocycles. The van der Waals surface area contributed by atoms with E-state index in [0.29, 0.717) is 10.8 Å². The van der Waals surface area contributed by atoms with Crippen LogP contribution in [0.5, 0.6) is 5.75 Å². The molecule has 0 aromatic heterocycles. The van der Waals surface area contributed by atoms with Gasteiger partial charge in [-0.15, -0.1) is 0 Å². The van der Waals surface area contributed by atoms with Gasteiger partial charge in [-0.25, -0.2) is 8.42 Å². The summed E-state index contributed by atoms with van der Waals surface area (Å²) in [5.41, 5.74) is 0.803. The molecule has 0 bridgehead atoms. The topological polar surface area (TPSA) is 104 Å². The zero-order chi connectivity index (χ0) is 20.3. The molecule has 0 aliphatic carbocycles. The first-order valence-electron chi connectivity index (χ1n) is 8.68. The molecular formula is C19H20ClNO6S. The highest BCUT2D eigenvalue weighted by atomic mass is 35.5. The molecule has 1 aliphatic rings. The van der Waals surface area contributed by atoms with Crippen LogP contribution in [0.2, 0.25) is 5.02 Å². The molecule has 2 N–H and O–H groups in total. The Bertz CT molecular complexity index is 947. The first-order valence-corrected chi connectivity index (χ1v) is 10.5. The van der Waals surface area contributed by atoms with Crippen LogP contribution in [0.1, 0.15) is 18.4 Å². The van der Waals surface area contributed by atoms with Crippen LogP contribution in [0.15, 0.2) is 53.4 Å². The number of aliphatic hydroxyl groups excluding tert-OH is 1. The molecule has 28 heavy (non-hydrogen) atoms. The maximum atomic E-state index is 12.9. The van der Waals surface area contributed by atoms with Crippen LogP contribution in [0, 0.1) is 0 Å². The largest absolute Gasteiger partial charge is 0.489 e. The second-order valence-corrected chi connectivity index (χ2v) is 8.80. The van der Waals surface area contributed by atoms with Crippen molar-refractivity contribution in [3.8, 4) is 5.75 Å². The fraction of sp³-hybridized carbons (Fsp3) is 0.316. The zero-order valence-electron chi connectivity index (χ0n) is 14.9. The van der Waals surface area contributed by atoms with Crippen LogP contribution >= 0.6 is 11.6 Å². The molecule has 2 aromatic rings. The van der Waals surface area contributed by atoms with E-state index < -0.39 is 28.1 Å². The van der Waals surface area contributed by atoms with Crippen LogP contribution in [-0.4, -0.2) is 47.6 Å². The highest BCUT2D eigenvalue weighted by Crippen LogP contribution is 2.27. The molecule has 0 spiro atoms. The first kappa shape index (κ1) is 20.6. The third-order valence-corrected chi connectivity index (χ3v) is 6.88. The Morgan fingerprint density at radius 2 is 1.86 bits per heavy atom. The van der Waals surface area contributed by atoms with Crippen LogP contribution in [-0.2, 0) is 21.4 Å². The predicted octanol–water partition coefficient (Wildman–Crippen LogP) is 2.52. The lowest BCUT2D eigenvalue weighted by atomic mass is 10.0. The fourth-order valence-electron chi connectivity index (χ4n) is 3.06. The summed E-state index contributed by atoms with van der Waals surface area (Å²) in [6.45, 7) is 0.183. The van der Waals surface area contributed by atoms with Crippen LogP contribution in [0.3, 0.4) is 0 Å². The third kappa shape index (κ3) is 4.47. The van der Waals surface area contributed by atoms with Gasteiger partial charge in [0.25, 0.3) is 0 Å². The molecule has 0 amide bonds. The van der Waals surface area contributed by atoms with Crippen molar-refractivity contribution in [2.75, 3.05) is 6.54 Å². The standard InChI is InChI=1S/C19H20ClNO6S/c20-17-4-2-1-3-13(17)12-27-15-5-7-16(8-6-15)28(25,26)21-10-9-14(22)11-18(21)19(23)24/h1-8,14,18,22H,9-12H2,(H,23,24). The number of aliphatic hydroxyl groups is 1. The molecule has 150 valence electrons. The molecule has 1 aliphatic heterocycles. The monoisotopic (exact) mass is 425 g/mol. The van der Waals surface area contributed by atoms with E-state index in [4.69, 9.17) is 16.3 Å². The molecule has 1 saturated heterocycles. The van der Waals surface area contributed by atoms with Crippen molar-refractivity contribution < 1.29 is 28.2 Å². The van der Waals surface area contributed by atoms with Crippen molar-refractivity contribution in [2.24, 2.45) is 0 Å². The predicted molar refractivity (Wildman–Crippen MR) is 103 cm³/mol. The van der Waals surface area contributed by atoms with Gasteiger partial charge in [0.2, 0.25) is 10.0 Å². The van der Waals surface area contributed by atoms with Crippen molar-refractivity contribution in [3.05, 3.63) is 59.1 Å². The quantitative estimate of drug-likeness (QED) is 0.736. The van der Waals surface area contributed by atoms with E-state index in [1.807, 2.05) is 18.2 Å².